The summed E-state index contributed by atoms with van der Waals surface area (Å²) in [6.45, 7) is 13.0. The summed E-state index contributed by atoms with van der Waals surface area (Å²) < 4.78 is 0. The van der Waals surface area contributed by atoms with Gasteiger partial charge in [0.05, 0.1) is 0 Å². The van der Waals surface area contributed by atoms with Crippen LogP contribution < -0.4 is 5.32 Å². The number of rotatable bonds is 8. The third-order valence-corrected chi connectivity index (χ3v) is 5.00. The summed E-state index contributed by atoms with van der Waals surface area (Å²) in [4.78, 5) is 2.77. The van der Waals surface area contributed by atoms with Gasteiger partial charge in [-0.3, -0.25) is 4.90 Å². The molecule has 1 fully saturated rings. The van der Waals surface area contributed by atoms with Gasteiger partial charge in [0.15, 0.2) is 0 Å². The summed E-state index contributed by atoms with van der Waals surface area (Å²) in [5, 5.41) is 3.85. The van der Waals surface area contributed by atoms with Crippen molar-refractivity contribution >= 4 is 0 Å². The van der Waals surface area contributed by atoms with Gasteiger partial charge in [0.1, 0.15) is 0 Å². The van der Waals surface area contributed by atoms with E-state index in [-0.39, 0.29) is 0 Å². The summed E-state index contributed by atoms with van der Waals surface area (Å²) in [7, 11) is 0. The highest BCUT2D eigenvalue weighted by Crippen LogP contribution is 2.23. The van der Waals surface area contributed by atoms with Gasteiger partial charge in [-0.05, 0) is 38.3 Å². The Morgan fingerprint density at radius 2 is 1.75 bits per heavy atom. The summed E-state index contributed by atoms with van der Waals surface area (Å²) in [6, 6.07) is 1.49. The molecule has 0 spiro atoms. The lowest BCUT2D eigenvalue weighted by Crippen LogP contribution is -2.51. The number of hydrogen-bond donors (Lipinski definition) is 1. The van der Waals surface area contributed by atoms with Gasteiger partial charge in [0, 0.05) is 18.6 Å². The van der Waals surface area contributed by atoms with Crippen molar-refractivity contribution in [3.05, 3.63) is 0 Å². The zero-order valence-electron chi connectivity index (χ0n) is 14.5. The van der Waals surface area contributed by atoms with Crippen molar-refractivity contribution in [1.29, 1.82) is 0 Å². The first-order chi connectivity index (χ1) is 9.72. The van der Waals surface area contributed by atoms with Crippen molar-refractivity contribution in [2.45, 2.75) is 91.1 Å². The van der Waals surface area contributed by atoms with Crippen LogP contribution in [-0.4, -0.2) is 36.6 Å². The first-order valence-electron chi connectivity index (χ1n) is 9.20. The van der Waals surface area contributed by atoms with Crippen LogP contribution in [0.5, 0.6) is 0 Å². The molecule has 0 radical (unpaired) electrons. The van der Waals surface area contributed by atoms with E-state index in [1.807, 2.05) is 0 Å². The second-order valence-electron chi connectivity index (χ2n) is 6.72. The smallest absolute Gasteiger partial charge is 0.0249 e. The molecular formula is C18H38N2. The summed E-state index contributed by atoms with van der Waals surface area (Å²) >= 11 is 0. The van der Waals surface area contributed by atoms with Gasteiger partial charge in [-0.25, -0.2) is 0 Å². The van der Waals surface area contributed by atoms with E-state index < -0.39 is 0 Å². The fraction of sp³-hybridized carbons (Fsp3) is 1.00. The molecule has 0 saturated heterocycles. The Morgan fingerprint density at radius 1 is 1.05 bits per heavy atom. The molecule has 0 amide bonds. The quantitative estimate of drug-likeness (QED) is 0.708. The Morgan fingerprint density at radius 3 is 2.35 bits per heavy atom. The second kappa shape index (κ2) is 10.6. The highest BCUT2D eigenvalue weighted by molar-refractivity contribution is 4.86. The van der Waals surface area contributed by atoms with Crippen LogP contribution in [0.3, 0.4) is 0 Å². The van der Waals surface area contributed by atoms with Crippen LogP contribution in [0.15, 0.2) is 0 Å². The van der Waals surface area contributed by atoms with E-state index in [0.29, 0.717) is 0 Å². The van der Waals surface area contributed by atoms with Crippen LogP contribution in [0.2, 0.25) is 0 Å². The molecule has 0 aromatic rings. The Labute approximate surface area is 127 Å². The average Bonchev–Trinajstić information content (AvgIpc) is 2.44. The number of likely N-dealkylation sites (N-methyl/N-ethyl adjacent to an activating group) is 1. The highest BCUT2D eigenvalue weighted by atomic mass is 15.2. The van der Waals surface area contributed by atoms with Crippen LogP contribution in [0, 0.1) is 5.92 Å². The second-order valence-corrected chi connectivity index (χ2v) is 6.72. The zero-order chi connectivity index (χ0) is 14.8. The third-order valence-electron chi connectivity index (χ3n) is 5.00. The van der Waals surface area contributed by atoms with Crippen LogP contribution in [0.1, 0.15) is 79.1 Å². The Kier molecular flexibility index (Phi) is 9.54. The topological polar surface area (TPSA) is 15.3 Å². The van der Waals surface area contributed by atoms with E-state index in [1.54, 1.807) is 0 Å². The fourth-order valence-corrected chi connectivity index (χ4v) is 3.50. The fourth-order valence-electron chi connectivity index (χ4n) is 3.50. The molecule has 1 saturated carbocycles. The van der Waals surface area contributed by atoms with E-state index in [2.05, 4.69) is 37.9 Å². The Hall–Kier alpha value is -0.0800. The minimum atomic E-state index is 0.722. The predicted molar refractivity (Wildman–Crippen MR) is 90.3 cm³/mol. The van der Waals surface area contributed by atoms with Gasteiger partial charge in [0.25, 0.3) is 0 Å². The maximum absolute atomic E-state index is 3.85. The summed E-state index contributed by atoms with van der Waals surface area (Å²) in [5.74, 6) is 0.826. The average molecular weight is 283 g/mol. The van der Waals surface area contributed by atoms with Crippen molar-refractivity contribution in [2.75, 3.05) is 19.6 Å². The number of nitrogens with one attached hydrogen (secondary N) is 1. The van der Waals surface area contributed by atoms with Crippen LogP contribution in [-0.2, 0) is 0 Å². The molecule has 1 rings (SSSR count). The first-order valence-corrected chi connectivity index (χ1v) is 9.20. The van der Waals surface area contributed by atoms with Crippen LogP contribution >= 0.6 is 0 Å². The van der Waals surface area contributed by atoms with Gasteiger partial charge in [-0.1, -0.05) is 59.8 Å². The monoisotopic (exact) mass is 282 g/mol. The maximum Gasteiger partial charge on any atom is 0.0249 e. The van der Waals surface area contributed by atoms with Gasteiger partial charge in [-0.2, -0.15) is 0 Å². The molecule has 1 aliphatic carbocycles. The van der Waals surface area contributed by atoms with E-state index >= 15 is 0 Å². The molecule has 0 aromatic heterocycles. The molecule has 0 aromatic carbocycles. The van der Waals surface area contributed by atoms with Gasteiger partial charge in [-0.15, -0.1) is 0 Å². The van der Waals surface area contributed by atoms with Crippen molar-refractivity contribution < 1.29 is 0 Å². The normalized spacial score (nSPS) is 26.2. The number of nitrogens with zero attached hydrogens (tertiary/aromatic N) is 1. The summed E-state index contributed by atoms with van der Waals surface area (Å²) in [6.07, 6.45) is 11.0. The number of hydrogen-bond acceptors (Lipinski definition) is 2. The van der Waals surface area contributed by atoms with Crippen LogP contribution in [0.4, 0.5) is 0 Å². The van der Waals surface area contributed by atoms with Gasteiger partial charge >= 0.3 is 0 Å². The Bertz CT molecular complexity index is 225. The van der Waals surface area contributed by atoms with E-state index in [1.165, 1.54) is 71.0 Å². The van der Waals surface area contributed by atoms with E-state index in [0.717, 1.165) is 18.0 Å². The van der Waals surface area contributed by atoms with Crippen molar-refractivity contribution in [2.24, 2.45) is 5.92 Å². The largest absolute Gasteiger partial charge is 0.312 e. The molecule has 1 N–H and O–H groups in total. The molecule has 0 aliphatic heterocycles. The lowest BCUT2D eigenvalue weighted by Gasteiger charge is -2.39. The van der Waals surface area contributed by atoms with Crippen molar-refractivity contribution in [3.63, 3.8) is 0 Å². The summed E-state index contributed by atoms with van der Waals surface area (Å²) in [5.41, 5.74) is 0. The highest BCUT2D eigenvalue weighted by Gasteiger charge is 2.27. The van der Waals surface area contributed by atoms with Gasteiger partial charge < -0.3 is 5.32 Å². The molecule has 3 atom stereocenters. The van der Waals surface area contributed by atoms with Crippen molar-refractivity contribution in [3.8, 4) is 0 Å². The lowest BCUT2D eigenvalue weighted by atomic mass is 9.90. The van der Waals surface area contributed by atoms with E-state index in [9.17, 15) is 0 Å². The molecule has 2 heteroatoms. The first kappa shape index (κ1) is 18.0. The van der Waals surface area contributed by atoms with Crippen molar-refractivity contribution in [1.82, 2.24) is 10.2 Å². The molecule has 0 heterocycles. The molecule has 1 aliphatic rings. The maximum atomic E-state index is 3.85. The molecular weight excluding hydrogens is 244 g/mol. The Balaban J connectivity index is 2.67. The standard InChI is InChI=1S/C18H38N2/c1-5-14-19-17-12-10-8-9-11-13-18(17)20(7-3)15-16(4)6-2/h16-19H,5-15H2,1-4H3. The molecule has 120 valence electrons. The third kappa shape index (κ3) is 6.13. The minimum absolute atomic E-state index is 0.722. The predicted octanol–water partition coefficient (Wildman–Crippen LogP) is 4.45. The lowest BCUT2D eigenvalue weighted by molar-refractivity contribution is 0.121. The molecule has 3 unspecified atom stereocenters. The SMILES string of the molecule is CCCNC1CCCCCCC1N(CC)CC(C)CC. The molecule has 0 bridgehead atoms. The zero-order valence-corrected chi connectivity index (χ0v) is 14.5. The van der Waals surface area contributed by atoms with Crippen LogP contribution in [0.25, 0.3) is 0 Å². The van der Waals surface area contributed by atoms with Gasteiger partial charge in [0.2, 0.25) is 0 Å². The van der Waals surface area contributed by atoms with E-state index in [4.69, 9.17) is 0 Å². The minimum Gasteiger partial charge on any atom is -0.312 e. The molecule has 20 heavy (non-hydrogen) atoms. The molecule has 2 nitrogen and oxygen atoms in total.